The third-order valence-electron chi connectivity index (χ3n) is 4.51. The van der Waals surface area contributed by atoms with Gasteiger partial charge in [0.15, 0.2) is 0 Å². The van der Waals surface area contributed by atoms with E-state index in [1.807, 2.05) is 60.7 Å². The Bertz CT molecular complexity index is 819. The van der Waals surface area contributed by atoms with Gasteiger partial charge in [-0.3, -0.25) is 0 Å². The molecule has 0 heterocycles. The molecule has 0 atom stereocenters. The van der Waals surface area contributed by atoms with Crippen LogP contribution in [0.3, 0.4) is 0 Å². The van der Waals surface area contributed by atoms with Gasteiger partial charge in [-0.1, -0.05) is 60.7 Å². The predicted octanol–water partition coefficient (Wildman–Crippen LogP) is 6.31. The van der Waals surface area contributed by atoms with Crippen molar-refractivity contribution in [1.29, 1.82) is 0 Å². The van der Waals surface area contributed by atoms with E-state index in [0.29, 0.717) is 0 Å². The van der Waals surface area contributed by atoms with Crippen LogP contribution >= 0.6 is 0 Å². The molecule has 3 rings (SSSR count). The van der Waals surface area contributed by atoms with E-state index < -0.39 is 11.2 Å². The van der Waals surface area contributed by atoms with Gasteiger partial charge in [0.1, 0.15) is 22.7 Å². The summed E-state index contributed by atoms with van der Waals surface area (Å²) in [5.41, 5.74) is 1.44. The number of rotatable bonds is 6. The largest absolute Gasteiger partial charge is 0.483 e. The summed E-state index contributed by atoms with van der Waals surface area (Å²) in [5.74, 6) is 1.71. The van der Waals surface area contributed by atoms with Crippen molar-refractivity contribution in [2.45, 2.75) is 38.9 Å². The second kappa shape index (κ2) is 7.25. The van der Waals surface area contributed by atoms with Crippen LogP contribution in [-0.4, -0.2) is 0 Å². The molecule has 134 valence electrons. The SMILES string of the molecule is CC(C)(Oc1ccc(C(C)(C)Oc2ccccc2)cc1)c1ccccc1. The maximum atomic E-state index is 6.23. The Labute approximate surface area is 156 Å². The average molecular weight is 346 g/mol. The Morgan fingerprint density at radius 3 is 1.35 bits per heavy atom. The molecule has 0 aliphatic rings. The van der Waals surface area contributed by atoms with Crippen molar-refractivity contribution in [2.75, 3.05) is 0 Å². The van der Waals surface area contributed by atoms with Crippen molar-refractivity contribution in [1.82, 2.24) is 0 Å². The van der Waals surface area contributed by atoms with Gasteiger partial charge in [-0.25, -0.2) is 0 Å². The quantitative estimate of drug-likeness (QED) is 0.520. The lowest BCUT2D eigenvalue weighted by Gasteiger charge is -2.29. The molecule has 2 heteroatoms. The first-order valence-electron chi connectivity index (χ1n) is 8.96. The first-order chi connectivity index (χ1) is 12.4. The molecule has 0 aromatic heterocycles. The van der Waals surface area contributed by atoms with Gasteiger partial charge < -0.3 is 9.47 Å². The van der Waals surface area contributed by atoms with Crippen LogP contribution in [0.25, 0.3) is 0 Å². The average Bonchev–Trinajstić information content (AvgIpc) is 2.63. The second-order valence-corrected chi connectivity index (χ2v) is 7.43. The molecular formula is C24H26O2. The zero-order valence-electron chi connectivity index (χ0n) is 15.9. The lowest BCUT2D eigenvalue weighted by molar-refractivity contribution is 0.105. The van der Waals surface area contributed by atoms with E-state index in [1.165, 1.54) is 0 Å². The van der Waals surface area contributed by atoms with Gasteiger partial charge in [0.05, 0.1) is 0 Å². The summed E-state index contributed by atoms with van der Waals surface area (Å²) in [4.78, 5) is 0. The lowest BCUT2D eigenvalue weighted by Crippen LogP contribution is -2.26. The fourth-order valence-corrected chi connectivity index (χ4v) is 2.96. The topological polar surface area (TPSA) is 18.5 Å². The highest BCUT2D eigenvalue weighted by molar-refractivity contribution is 5.33. The van der Waals surface area contributed by atoms with Gasteiger partial charge in [-0.2, -0.15) is 0 Å². The van der Waals surface area contributed by atoms with E-state index in [1.54, 1.807) is 0 Å². The second-order valence-electron chi connectivity index (χ2n) is 7.43. The van der Waals surface area contributed by atoms with Crippen molar-refractivity contribution >= 4 is 0 Å². The van der Waals surface area contributed by atoms with E-state index in [0.717, 1.165) is 22.6 Å². The molecule has 0 saturated carbocycles. The normalized spacial score (nSPS) is 11.8. The number of ether oxygens (including phenoxy) is 2. The van der Waals surface area contributed by atoms with Gasteiger partial charge >= 0.3 is 0 Å². The van der Waals surface area contributed by atoms with Crippen molar-refractivity contribution < 1.29 is 9.47 Å². The minimum atomic E-state index is -0.422. The fourth-order valence-electron chi connectivity index (χ4n) is 2.96. The molecule has 3 aromatic rings. The van der Waals surface area contributed by atoms with E-state index in [-0.39, 0.29) is 0 Å². The highest BCUT2D eigenvalue weighted by atomic mass is 16.5. The number of benzene rings is 3. The van der Waals surface area contributed by atoms with E-state index in [2.05, 4.69) is 52.0 Å². The summed E-state index contributed by atoms with van der Waals surface area (Å²) in [6, 6.07) is 28.3. The van der Waals surface area contributed by atoms with Crippen LogP contribution in [0.2, 0.25) is 0 Å². The van der Waals surface area contributed by atoms with Gasteiger partial charge in [-0.05, 0) is 63.1 Å². The monoisotopic (exact) mass is 346 g/mol. The van der Waals surface area contributed by atoms with Gasteiger partial charge in [-0.15, -0.1) is 0 Å². The molecule has 0 radical (unpaired) electrons. The van der Waals surface area contributed by atoms with E-state index >= 15 is 0 Å². The Morgan fingerprint density at radius 1 is 0.462 bits per heavy atom. The Morgan fingerprint density at radius 2 is 0.846 bits per heavy atom. The molecule has 0 saturated heterocycles. The summed E-state index contributed by atoms with van der Waals surface area (Å²) in [7, 11) is 0. The molecule has 0 spiro atoms. The van der Waals surface area contributed by atoms with Gasteiger partial charge in [0.25, 0.3) is 0 Å². The van der Waals surface area contributed by atoms with Crippen LogP contribution in [0.4, 0.5) is 0 Å². The zero-order valence-corrected chi connectivity index (χ0v) is 15.9. The number of hydrogen-bond donors (Lipinski definition) is 0. The summed E-state index contributed by atoms with van der Waals surface area (Å²) in [6.45, 7) is 8.31. The predicted molar refractivity (Wildman–Crippen MR) is 107 cm³/mol. The summed E-state index contributed by atoms with van der Waals surface area (Å²) < 4.78 is 12.4. The maximum absolute atomic E-state index is 6.23. The van der Waals surface area contributed by atoms with Crippen LogP contribution in [0.1, 0.15) is 38.8 Å². The van der Waals surface area contributed by atoms with Crippen molar-refractivity contribution in [3.8, 4) is 11.5 Å². The third kappa shape index (κ3) is 4.26. The smallest absolute Gasteiger partial charge is 0.128 e. The molecular weight excluding hydrogens is 320 g/mol. The summed E-state index contributed by atoms with van der Waals surface area (Å²) in [5, 5.41) is 0. The molecule has 0 aliphatic heterocycles. The minimum absolute atomic E-state index is 0.390. The summed E-state index contributed by atoms with van der Waals surface area (Å²) >= 11 is 0. The lowest BCUT2D eigenvalue weighted by atomic mass is 9.97. The van der Waals surface area contributed by atoms with Crippen molar-refractivity contribution in [2.24, 2.45) is 0 Å². The Kier molecular flexibility index (Phi) is 5.03. The molecule has 2 nitrogen and oxygen atoms in total. The summed E-state index contributed by atoms with van der Waals surface area (Å²) in [6.07, 6.45) is 0. The zero-order chi connectivity index (χ0) is 18.6. The van der Waals surface area contributed by atoms with E-state index in [4.69, 9.17) is 9.47 Å². The number of para-hydroxylation sites is 1. The standard InChI is InChI=1S/C24H26O2/c1-23(2,19-11-7-5-8-12-19)26-22-17-15-20(16-18-22)24(3,4)25-21-13-9-6-10-14-21/h5-18H,1-4H3. The van der Waals surface area contributed by atoms with Crippen LogP contribution in [0.5, 0.6) is 11.5 Å². The van der Waals surface area contributed by atoms with Crippen molar-refractivity contribution in [3.05, 3.63) is 96.1 Å². The molecule has 26 heavy (non-hydrogen) atoms. The van der Waals surface area contributed by atoms with Crippen LogP contribution in [0, 0.1) is 0 Å². The van der Waals surface area contributed by atoms with E-state index in [9.17, 15) is 0 Å². The molecule has 0 bridgehead atoms. The van der Waals surface area contributed by atoms with Crippen LogP contribution < -0.4 is 9.47 Å². The molecule has 3 aromatic carbocycles. The molecule has 0 fully saturated rings. The third-order valence-corrected chi connectivity index (χ3v) is 4.51. The molecule has 0 amide bonds. The molecule has 0 N–H and O–H groups in total. The van der Waals surface area contributed by atoms with Crippen LogP contribution in [0.15, 0.2) is 84.9 Å². The fraction of sp³-hybridized carbons (Fsp3) is 0.250. The van der Waals surface area contributed by atoms with Gasteiger partial charge in [0, 0.05) is 0 Å². The van der Waals surface area contributed by atoms with Crippen molar-refractivity contribution in [3.63, 3.8) is 0 Å². The Balaban J connectivity index is 1.74. The first kappa shape index (κ1) is 18.1. The molecule has 0 unspecified atom stereocenters. The number of hydrogen-bond acceptors (Lipinski definition) is 2. The van der Waals surface area contributed by atoms with Crippen LogP contribution in [-0.2, 0) is 11.2 Å². The minimum Gasteiger partial charge on any atom is -0.483 e. The maximum Gasteiger partial charge on any atom is 0.128 e. The first-order valence-corrected chi connectivity index (χ1v) is 8.96. The Hall–Kier alpha value is -2.74. The van der Waals surface area contributed by atoms with Gasteiger partial charge in [0.2, 0.25) is 0 Å². The highest BCUT2D eigenvalue weighted by Gasteiger charge is 2.25. The highest BCUT2D eigenvalue weighted by Crippen LogP contribution is 2.31. The molecule has 0 aliphatic carbocycles.